The number of para-hydroxylation sites is 1. The molecule has 0 saturated heterocycles. The van der Waals surface area contributed by atoms with Crippen molar-refractivity contribution in [1.29, 1.82) is 0 Å². The molecule has 0 aliphatic heterocycles. The highest BCUT2D eigenvalue weighted by atomic mass is 16.2. The number of hydrogen-bond donors (Lipinski definition) is 1. The first-order chi connectivity index (χ1) is 10.7. The van der Waals surface area contributed by atoms with E-state index in [4.69, 9.17) is 0 Å². The fraction of sp³-hybridized carbons (Fsp3) is 0.316. The van der Waals surface area contributed by atoms with Gasteiger partial charge in [-0.2, -0.15) is 0 Å². The van der Waals surface area contributed by atoms with Gasteiger partial charge in [-0.05, 0) is 37.6 Å². The van der Waals surface area contributed by atoms with Crippen molar-refractivity contribution in [2.24, 2.45) is 0 Å². The van der Waals surface area contributed by atoms with E-state index in [9.17, 15) is 4.79 Å². The van der Waals surface area contributed by atoms with E-state index in [1.54, 1.807) is 0 Å². The molecule has 0 aliphatic rings. The van der Waals surface area contributed by atoms with Crippen LogP contribution in [0.5, 0.6) is 0 Å². The topological polar surface area (TPSA) is 32.3 Å². The van der Waals surface area contributed by atoms with Crippen molar-refractivity contribution in [3.8, 4) is 0 Å². The maximum atomic E-state index is 12.5. The monoisotopic (exact) mass is 296 g/mol. The summed E-state index contributed by atoms with van der Waals surface area (Å²) in [6, 6.07) is 19.7. The molecule has 1 N–H and O–H groups in total. The summed E-state index contributed by atoms with van der Waals surface area (Å²) < 4.78 is 0. The maximum Gasteiger partial charge on any atom is 0.241 e. The fourth-order valence-corrected chi connectivity index (χ4v) is 2.45. The number of amides is 1. The predicted octanol–water partition coefficient (Wildman–Crippen LogP) is 3.93. The minimum Gasteiger partial charge on any atom is -0.325 e. The summed E-state index contributed by atoms with van der Waals surface area (Å²) in [5.41, 5.74) is 2.07. The normalized spacial score (nSPS) is 12.1. The van der Waals surface area contributed by atoms with E-state index in [1.165, 1.54) is 5.56 Å². The van der Waals surface area contributed by atoms with Gasteiger partial charge in [0.05, 0.1) is 6.04 Å². The Hall–Kier alpha value is -2.13. The van der Waals surface area contributed by atoms with Gasteiger partial charge in [0.1, 0.15) is 0 Å². The van der Waals surface area contributed by atoms with Gasteiger partial charge in [-0.15, -0.1) is 0 Å². The van der Waals surface area contributed by atoms with Gasteiger partial charge in [0.25, 0.3) is 0 Å². The van der Waals surface area contributed by atoms with Crippen molar-refractivity contribution in [3.05, 3.63) is 66.2 Å². The molecule has 2 rings (SSSR count). The van der Waals surface area contributed by atoms with Gasteiger partial charge in [-0.1, -0.05) is 55.5 Å². The molecule has 0 unspecified atom stereocenters. The van der Waals surface area contributed by atoms with E-state index in [2.05, 4.69) is 29.3 Å². The van der Waals surface area contributed by atoms with Crippen LogP contribution >= 0.6 is 0 Å². The zero-order valence-corrected chi connectivity index (χ0v) is 13.3. The summed E-state index contributed by atoms with van der Waals surface area (Å²) in [5, 5.41) is 2.99. The van der Waals surface area contributed by atoms with Crippen molar-refractivity contribution in [2.45, 2.75) is 32.9 Å². The average molecular weight is 296 g/mol. The maximum absolute atomic E-state index is 12.5. The van der Waals surface area contributed by atoms with Crippen LogP contribution in [-0.4, -0.2) is 23.4 Å². The highest BCUT2D eigenvalue weighted by molar-refractivity contribution is 5.94. The molecule has 3 nitrogen and oxygen atoms in total. The Morgan fingerprint density at radius 2 is 1.64 bits per heavy atom. The van der Waals surface area contributed by atoms with Crippen LogP contribution in [0.15, 0.2) is 60.7 Å². The largest absolute Gasteiger partial charge is 0.325 e. The molecule has 1 atom stereocenters. The molecule has 0 fully saturated rings. The number of nitrogens with one attached hydrogen (secondary N) is 1. The summed E-state index contributed by atoms with van der Waals surface area (Å²) >= 11 is 0. The zero-order chi connectivity index (χ0) is 15.8. The highest BCUT2D eigenvalue weighted by Crippen LogP contribution is 2.12. The van der Waals surface area contributed by atoms with Crippen molar-refractivity contribution >= 4 is 11.6 Å². The number of anilines is 1. The number of hydrogen-bond acceptors (Lipinski definition) is 2. The molecule has 0 aliphatic carbocycles. The van der Waals surface area contributed by atoms with Crippen LogP contribution in [0.3, 0.4) is 0 Å². The molecule has 3 heteroatoms. The predicted molar refractivity (Wildman–Crippen MR) is 91.7 cm³/mol. The van der Waals surface area contributed by atoms with E-state index in [1.807, 2.05) is 55.5 Å². The van der Waals surface area contributed by atoms with Crippen LogP contribution in [-0.2, 0) is 11.3 Å². The Balaban J connectivity index is 2.02. The lowest BCUT2D eigenvalue weighted by atomic mass is 10.1. The molecule has 0 bridgehead atoms. The van der Waals surface area contributed by atoms with Gasteiger partial charge in [0.2, 0.25) is 5.91 Å². The summed E-state index contributed by atoms with van der Waals surface area (Å²) in [7, 11) is 0. The second-order valence-corrected chi connectivity index (χ2v) is 5.49. The number of rotatable bonds is 7. The second-order valence-electron chi connectivity index (χ2n) is 5.49. The van der Waals surface area contributed by atoms with Gasteiger partial charge < -0.3 is 5.32 Å². The minimum absolute atomic E-state index is 0.0376. The number of carbonyl (C=O) groups is 1. The average Bonchev–Trinajstić information content (AvgIpc) is 2.55. The molecule has 2 aromatic carbocycles. The Bertz CT molecular complexity index is 569. The van der Waals surface area contributed by atoms with E-state index < -0.39 is 0 Å². The third kappa shape index (κ3) is 4.71. The van der Waals surface area contributed by atoms with Gasteiger partial charge in [0.15, 0.2) is 0 Å². The van der Waals surface area contributed by atoms with Gasteiger partial charge in [-0.25, -0.2) is 0 Å². The number of carbonyl (C=O) groups excluding carboxylic acids is 1. The van der Waals surface area contributed by atoms with Crippen LogP contribution in [0.4, 0.5) is 5.69 Å². The lowest BCUT2D eigenvalue weighted by molar-refractivity contribution is -0.121. The lowest BCUT2D eigenvalue weighted by Crippen LogP contribution is -2.42. The fourth-order valence-electron chi connectivity index (χ4n) is 2.45. The molecule has 0 heterocycles. The summed E-state index contributed by atoms with van der Waals surface area (Å²) in [4.78, 5) is 14.7. The third-order valence-electron chi connectivity index (χ3n) is 3.71. The Kier molecular flexibility index (Phi) is 6.16. The molecule has 1 amide bonds. The SMILES string of the molecule is CCCN(Cc1ccccc1)[C@H](C)C(=O)Nc1ccccc1. The van der Waals surface area contributed by atoms with Gasteiger partial charge in [0, 0.05) is 12.2 Å². The number of nitrogens with zero attached hydrogens (tertiary/aromatic N) is 1. The Morgan fingerprint density at radius 1 is 1.05 bits per heavy atom. The van der Waals surface area contributed by atoms with Crippen molar-refractivity contribution < 1.29 is 4.79 Å². The van der Waals surface area contributed by atoms with Crippen molar-refractivity contribution in [1.82, 2.24) is 4.90 Å². The van der Waals surface area contributed by atoms with Gasteiger partial charge in [-0.3, -0.25) is 9.69 Å². The van der Waals surface area contributed by atoms with E-state index >= 15 is 0 Å². The van der Waals surface area contributed by atoms with Crippen LogP contribution in [0.2, 0.25) is 0 Å². The molecule has 0 aromatic heterocycles. The van der Waals surface area contributed by atoms with Crippen molar-refractivity contribution in [2.75, 3.05) is 11.9 Å². The molecular weight excluding hydrogens is 272 g/mol. The summed E-state index contributed by atoms with van der Waals surface area (Å²) in [6.45, 7) is 5.80. The van der Waals surface area contributed by atoms with Crippen LogP contribution < -0.4 is 5.32 Å². The highest BCUT2D eigenvalue weighted by Gasteiger charge is 2.20. The quantitative estimate of drug-likeness (QED) is 0.839. The first-order valence-corrected chi connectivity index (χ1v) is 7.84. The molecule has 22 heavy (non-hydrogen) atoms. The minimum atomic E-state index is -0.166. The summed E-state index contributed by atoms with van der Waals surface area (Å²) in [6.07, 6.45) is 1.02. The molecule has 0 radical (unpaired) electrons. The van der Waals surface area contributed by atoms with E-state index in [0.29, 0.717) is 0 Å². The van der Waals surface area contributed by atoms with E-state index in [0.717, 1.165) is 25.2 Å². The van der Waals surface area contributed by atoms with Gasteiger partial charge >= 0.3 is 0 Å². The van der Waals surface area contributed by atoms with Crippen LogP contribution in [0.1, 0.15) is 25.8 Å². The molecule has 0 spiro atoms. The standard InChI is InChI=1S/C19H24N2O/c1-3-14-21(15-17-10-6-4-7-11-17)16(2)19(22)20-18-12-8-5-9-13-18/h4-13,16H,3,14-15H2,1-2H3,(H,20,22)/t16-/m1/s1. The van der Waals surface area contributed by atoms with Crippen LogP contribution in [0, 0.1) is 0 Å². The second kappa shape index (κ2) is 8.35. The molecule has 0 saturated carbocycles. The first kappa shape index (κ1) is 16.2. The molecular formula is C19H24N2O. The lowest BCUT2D eigenvalue weighted by Gasteiger charge is -2.28. The Labute approximate surface area is 133 Å². The number of benzene rings is 2. The zero-order valence-electron chi connectivity index (χ0n) is 13.3. The third-order valence-corrected chi connectivity index (χ3v) is 3.71. The first-order valence-electron chi connectivity index (χ1n) is 7.84. The molecule has 116 valence electrons. The van der Waals surface area contributed by atoms with Crippen LogP contribution in [0.25, 0.3) is 0 Å². The molecule has 2 aromatic rings. The Morgan fingerprint density at radius 3 is 2.23 bits per heavy atom. The summed E-state index contributed by atoms with van der Waals surface area (Å²) in [5.74, 6) is 0.0376. The van der Waals surface area contributed by atoms with Crippen molar-refractivity contribution in [3.63, 3.8) is 0 Å². The van der Waals surface area contributed by atoms with E-state index in [-0.39, 0.29) is 11.9 Å². The smallest absolute Gasteiger partial charge is 0.241 e.